The zero-order valence-corrected chi connectivity index (χ0v) is 17.7. The summed E-state index contributed by atoms with van der Waals surface area (Å²) in [5.41, 5.74) is 0.222. The van der Waals surface area contributed by atoms with Gasteiger partial charge in [0.05, 0.1) is 6.10 Å². The summed E-state index contributed by atoms with van der Waals surface area (Å²) in [5.74, 6) is 1.64. The van der Waals surface area contributed by atoms with Crippen molar-refractivity contribution >= 4 is 11.9 Å². The molecule has 156 valence electrons. The van der Waals surface area contributed by atoms with Gasteiger partial charge in [0, 0.05) is 31.1 Å². The molecule has 9 atom stereocenters. The van der Waals surface area contributed by atoms with Gasteiger partial charge in [-0.25, -0.2) is 0 Å². The van der Waals surface area contributed by atoms with Gasteiger partial charge in [-0.15, -0.1) is 0 Å². The van der Waals surface area contributed by atoms with Gasteiger partial charge in [-0.3, -0.25) is 9.59 Å². The van der Waals surface area contributed by atoms with E-state index in [4.69, 9.17) is 14.2 Å². The molecular weight excluding hydrogens is 356 g/mol. The third kappa shape index (κ3) is 2.41. The summed E-state index contributed by atoms with van der Waals surface area (Å²) in [5, 5.41) is 0. The van der Waals surface area contributed by atoms with Crippen LogP contribution in [-0.2, 0) is 23.8 Å². The molecule has 0 aromatic rings. The highest BCUT2D eigenvalue weighted by Gasteiger charge is 2.76. The molecule has 5 aliphatic rings. The summed E-state index contributed by atoms with van der Waals surface area (Å²) >= 11 is 0. The van der Waals surface area contributed by atoms with Crippen LogP contribution in [0.3, 0.4) is 0 Å². The lowest BCUT2D eigenvalue weighted by atomic mass is 9.45. The van der Waals surface area contributed by atoms with Gasteiger partial charge in [0.25, 0.3) is 0 Å². The van der Waals surface area contributed by atoms with Crippen LogP contribution in [0, 0.1) is 28.6 Å². The van der Waals surface area contributed by atoms with Gasteiger partial charge in [0.2, 0.25) is 0 Å². The lowest BCUT2D eigenvalue weighted by Gasteiger charge is -2.59. The first-order valence-corrected chi connectivity index (χ1v) is 11.2. The first-order valence-electron chi connectivity index (χ1n) is 11.2. The fraction of sp³-hybridized carbons (Fsp3) is 0.913. The highest BCUT2D eigenvalue weighted by atomic mass is 16.6. The van der Waals surface area contributed by atoms with Gasteiger partial charge in [-0.1, -0.05) is 13.8 Å². The number of fused-ring (bicyclic) bond motifs is 4. The first kappa shape index (κ1) is 18.9. The van der Waals surface area contributed by atoms with Crippen molar-refractivity contribution in [2.24, 2.45) is 28.6 Å². The van der Waals surface area contributed by atoms with E-state index < -0.39 is 0 Å². The van der Waals surface area contributed by atoms with Crippen LogP contribution in [-0.4, -0.2) is 35.9 Å². The van der Waals surface area contributed by atoms with Gasteiger partial charge in [0.1, 0.15) is 17.8 Å². The van der Waals surface area contributed by atoms with Crippen LogP contribution in [0.25, 0.3) is 0 Å². The van der Waals surface area contributed by atoms with Crippen LogP contribution in [0.5, 0.6) is 0 Å². The predicted octanol–water partition coefficient (Wildman–Crippen LogP) is 4.02. The molecule has 4 aliphatic carbocycles. The lowest BCUT2D eigenvalue weighted by Crippen LogP contribution is -2.59. The number of hydrogen-bond acceptors (Lipinski definition) is 5. The van der Waals surface area contributed by atoms with Gasteiger partial charge >= 0.3 is 11.9 Å². The van der Waals surface area contributed by atoms with E-state index in [9.17, 15) is 9.59 Å². The maximum atomic E-state index is 11.6. The number of ether oxygens (including phenoxy) is 3. The fourth-order valence-electron chi connectivity index (χ4n) is 8.32. The third-order valence-electron chi connectivity index (χ3n) is 9.59. The van der Waals surface area contributed by atoms with Gasteiger partial charge < -0.3 is 14.2 Å². The van der Waals surface area contributed by atoms with Crippen LogP contribution in [0.2, 0.25) is 0 Å². The highest BCUT2D eigenvalue weighted by Crippen LogP contribution is 2.73. The van der Waals surface area contributed by atoms with Crippen molar-refractivity contribution in [1.82, 2.24) is 0 Å². The monoisotopic (exact) mass is 390 g/mol. The molecule has 0 radical (unpaired) electrons. The van der Waals surface area contributed by atoms with E-state index in [1.807, 2.05) is 0 Å². The van der Waals surface area contributed by atoms with E-state index in [0.717, 1.165) is 38.5 Å². The van der Waals surface area contributed by atoms with Gasteiger partial charge in [-0.05, 0) is 62.7 Å². The molecule has 5 heteroatoms. The summed E-state index contributed by atoms with van der Waals surface area (Å²) < 4.78 is 17.8. The molecule has 0 amide bonds. The summed E-state index contributed by atoms with van der Waals surface area (Å²) in [6, 6.07) is 0. The minimum Gasteiger partial charge on any atom is -0.462 e. The SMILES string of the molecule is CC(=O)O[C@@H]1CC[C@]2(C)[C@@H]3CC[C@]4(C)[C@H](OC(C)=O)CC[C@H]4[C@H]3C[C@@H]3O[C@@]32C1. The fourth-order valence-corrected chi connectivity index (χ4v) is 8.32. The number of esters is 2. The third-order valence-corrected chi connectivity index (χ3v) is 9.59. The molecule has 4 saturated carbocycles. The van der Waals surface area contributed by atoms with Crippen molar-refractivity contribution in [2.75, 3.05) is 0 Å². The molecule has 1 spiro atoms. The first-order chi connectivity index (χ1) is 13.2. The van der Waals surface area contributed by atoms with E-state index in [2.05, 4.69) is 13.8 Å². The molecule has 0 bridgehead atoms. The van der Waals surface area contributed by atoms with Crippen LogP contribution in [0.4, 0.5) is 0 Å². The van der Waals surface area contributed by atoms with Crippen LogP contribution in [0.15, 0.2) is 0 Å². The van der Waals surface area contributed by atoms with E-state index in [0.29, 0.717) is 23.9 Å². The van der Waals surface area contributed by atoms with Crippen molar-refractivity contribution < 1.29 is 23.8 Å². The number of epoxide rings is 1. The van der Waals surface area contributed by atoms with E-state index in [1.165, 1.54) is 26.7 Å². The zero-order chi connectivity index (χ0) is 19.9. The number of hydrogen-bond donors (Lipinski definition) is 0. The molecule has 0 aromatic carbocycles. The molecule has 5 rings (SSSR count). The topological polar surface area (TPSA) is 65.1 Å². The van der Waals surface area contributed by atoms with Gasteiger partial charge in [-0.2, -0.15) is 0 Å². The molecule has 5 fully saturated rings. The van der Waals surface area contributed by atoms with Crippen molar-refractivity contribution in [3.05, 3.63) is 0 Å². The lowest BCUT2D eigenvalue weighted by molar-refractivity contribution is -0.164. The van der Waals surface area contributed by atoms with E-state index in [-0.39, 0.29) is 40.6 Å². The molecule has 1 aliphatic heterocycles. The standard InChI is InChI=1S/C23H34O5/c1-13(24)26-15-7-10-22(4)18-8-9-21(3)17(5-6-19(21)27-14(2)25)16(18)11-20-23(22,12-15)28-20/h15-20H,5-12H2,1-4H3/t15-,16-,17+,18-,19-,20+,21+,22-,23+/m1/s1. The Morgan fingerprint density at radius 3 is 2.39 bits per heavy atom. The average Bonchev–Trinajstić information content (AvgIpc) is 3.20. The molecule has 0 unspecified atom stereocenters. The van der Waals surface area contributed by atoms with Crippen LogP contribution >= 0.6 is 0 Å². The molecule has 0 N–H and O–H groups in total. The second-order valence-electron chi connectivity index (χ2n) is 10.7. The predicted molar refractivity (Wildman–Crippen MR) is 102 cm³/mol. The molecule has 28 heavy (non-hydrogen) atoms. The van der Waals surface area contributed by atoms with Crippen molar-refractivity contribution in [3.8, 4) is 0 Å². The Hall–Kier alpha value is -1.10. The Labute approximate surface area is 167 Å². The zero-order valence-electron chi connectivity index (χ0n) is 17.7. The Balaban J connectivity index is 1.39. The summed E-state index contributed by atoms with van der Waals surface area (Å²) in [6.07, 6.45) is 8.95. The Bertz CT molecular complexity index is 705. The van der Waals surface area contributed by atoms with E-state index >= 15 is 0 Å². The quantitative estimate of drug-likeness (QED) is 0.526. The van der Waals surface area contributed by atoms with Crippen molar-refractivity contribution in [1.29, 1.82) is 0 Å². The largest absolute Gasteiger partial charge is 0.462 e. The van der Waals surface area contributed by atoms with E-state index in [1.54, 1.807) is 0 Å². The Morgan fingerprint density at radius 1 is 0.929 bits per heavy atom. The number of rotatable bonds is 2. The Kier molecular flexibility index (Phi) is 4.02. The maximum Gasteiger partial charge on any atom is 0.302 e. The summed E-state index contributed by atoms with van der Waals surface area (Å²) in [7, 11) is 0. The maximum absolute atomic E-state index is 11.6. The summed E-state index contributed by atoms with van der Waals surface area (Å²) in [4.78, 5) is 23.1. The normalized spacial score (nSPS) is 53.9. The minimum atomic E-state index is -0.174. The van der Waals surface area contributed by atoms with Crippen molar-refractivity contribution in [2.45, 2.75) is 103 Å². The van der Waals surface area contributed by atoms with Crippen LogP contribution in [0.1, 0.15) is 79.1 Å². The molecule has 5 nitrogen and oxygen atoms in total. The minimum absolute atomic E-state index is 0.0146. The van der Waals surface area contributed by atoms with Gasteiger partial charge in [0.15, 0.2) is 0 Å². The van der Waals surface area contributed by atoms with Crippen molar-refractivity contribution in [3.63, 3.8) is 0 Å². The smallest absolute Gasteiger partial charge is 0.302 e. The molecule has 1 heterocycles. The average molecular weight is 391 g/mol. The molecule has 1 saturated heterocycles. The molecule has 0 aromatic heterocycles. The number of carbonyl (C=O) groups excluding carboxylic acids is 2. The Morgan fingerprint density at radius 2 is 1.68 bits per heavy atom. The summed E-state index contributed by atoms with van der Waals surface area (Å²) in [6.45, 7) is 7.87. The number of carbonyl (C=O) groups is 2. The highest BCUT2D eigenvalue weighted by molar-refractivity contribution is 5.66. The second kappa shape index (κ2) is 5.96. The van der Waals surface area contributed by atoms with Crippen LogP contribution < -0.4 is 0 Å². The molecular formula is C23H34O5. The second-order valence-corrected chi connectivity index (χ2v) is 10.7.